The predicted octanol–water partition coefficient (Wildman–Crippen LogP) is 12.5. The van der Waals surface area contributed by atoms with Crippen molar-refractivity contribution in [2.75, 3.05) is 0 Å². The summed E-state index contributed by atoms with van der Waals surface area (Å²) in [4.78, 5) is 0. The molecule has 0 nitrogen and oxygen atoms in total. The van der Waals surface area contributed by atoms with Gasteiger partial charge in [0.15, 0.2) is 0 Å². The van der Waals surface area contributed by atoms with E-state index in [0.29, 0.717) is 0 Å². The maximum absolute atomic E-state index is 2.41. The molecular weight excluding hydrogens is 537 g/mol. The molecule has 0 aliphatic carbocycles. The van der Waals surface area contributed by atoms with Gasteiger partial charge in [0.05, 0.1) is 0 Å². The maximum Gasteiger partial charge on any atom is 0.0355 e. The van der Waals surface area contributed by atoms with Gasteiger partial charge in [-0.25, -0.2) is 0 Å². The summed E-state index contributed by atoms with van der Waals surface area (Å²) in [6.07, 6.45) is 0. The van der Waals surface area contributed by atoms with Gasteiger partial charge >= 0.3 is 0 Å². The lowest BCUT2D eigenvalue weighted by Crippen LogP contribution is -1.91. The highest BCUT2D eigenvalue weighted by molar-refractivity contribution is 7.25. The molecule has 0 radical (unpaired) electrons. The number of hydrogen-bond donors (Lipinski definition) is 0. The van der Waals surface area contributed by atoms with E-state index in [4.69, 9.17) is 0 Å². The zero-order valence-electron chi connectivity index (χ0n) is 23.4. The lowest BCUT2D eigenvalue weighted by atomic mass is 9.85. The Morgan fingerprint density at radius 3 is 1.53 bits per heavy atom. The van der Waals surface area contributed by atoms with Gasteiger partial charge in [0, 0.05) is 20.2 Å². The molecule has 0 spiro atoms. The molecule has 1 heteroatoms. The van der Waals surface area contributed by atoms with E-state index >= 15 is 0 Å². The molecule has 1 heterocycles. The summed E-state index contributed by atoms with van der Waals surface area (Å²) in [5.74, 6) is 0. The van der Waals surface area contributed by atoms with Gasteiger partial charge in [0.1, 0.15) is 0 Å². The summed E-state index contributed by atoms with van der Waals surface area (Å²) in [6, 6.07) is 58.0. The van der Waals surface area contributed by atoms with Crippen LogP contribution in [0, 0.1) is 0 Å². The fraction of sp³-hybridized carbons (Fsp3) is 0. The number of hydrogen-bond acceptors (Lipinski definition) is 1. The van der Waals surface area contributed by atoms with Crippen molar-refractivity contribution in [3.05, 3.63) is 158 Å². The normalized spacial score (nSPS) is 11.7. The number of benzene rings is 8. The van der Waals surface area contributed by atoms with Crippen molar-refractivity contribution in [2.24, 2.45) is 0 Å². The maximum atomic E-state index is 2.41. The highest BCUT2D eigenvalue weighted by Crippen LogP contribution is 2.46. The molecule has 0 aliphatic heterocycles. The van der Waals surface area contributed by atoms with Crippen LogP contribution in [0.5, 0.6) is 0 Å². The predicted molar refractivity (Wildman–Crippen MR) is 188 cm³/mol. The second-order valence-corrected chi connectivity index (χ2v) is 12.3. The second-order valence-electron chi connectivity index (χ2n) is 11.3. The van der Waals surface area contributed by atoms with Crippen LogP contribution in [0.3, 0.4) is 0 Å². The molecule has 0 N–H and O–H groups in total. The van der Waals surface area contributed by atoms with Gasteiger partial charge < -0.3 is 0 Å². The van der Waals surface area contributed by atoms with E-state index in [1.54, 1.807) is 0 Å². The van der Waals surface area contributed by atoms with E-state index in [-0.39, 0.29) is 0 Å². The molecule has 0 atom stereocenters. The molecule has 0 amide bonds. The summed E-state index contributed by atoms with van der Waals surface area (Å²) in [6.45, 7) is 0. The minimum Gasteiger partial charge on any atom is -0.135 e. The first-order valence-corrected chi connectivity index (χ1v) is 15.6. The van der Waals surface area contributed by atoms with Crippen molar-refractivity contribution in [3.8, 4) is 33.4 Å². The SMILES string of the molecule is c1cc(-c2cccc3ccccc23)cc(-c2c3ccccc3c(-c3ccc4sc5ccccc5c4c3)c3ccccc23)c1. The lowest BCUT2D eigenvalue weighted by Gasteiger charge is -2.18. The van der Waals surface area contributed by atoms with Crippen LogP contribution in [0.25, 0.3) is 85.9 Å². The monoisotopic (exact) mass is 562 g/mol. The van der Waals surface area contributed by atoms with Gasteiger partial charge in [0.2, 0.25) is 0 Å². The van der Waals surface area contributed by atoms with E-state index in [1.165, 1.54) is 85.9 Å². The molecule has 0 bridgehead atoms. The molecule has 9 aromatic rings. The Morgan fingerprint density at radius 1 is 0.302 bits per heavy atom. The Labute approximate surface area is 254 Å². The van der Waals surface area contributed by atoms with Crippen molar-refractivity contribution in [1.82, 2.24) is 0 Å². The van der Waals surface area contributed by atoms with Crippen molar-refractivity contribution in [3.63, 3.8) is 0 Å². The Balaban J connectivity index is 1.32. The third kappa shape index (κ3) is 3.82. The number of thiophene rings is 1. The Kier molecular flexibility index (Phi) is 5.47. The molecule has 0 fully saturated rings. The average molecular weight is 563 g/mol. The zero-order chi connectivity index (χ0) is 28.3. The van der Waals surface area contributed by atoms with Gasteiger partial charge in [-0.2, -0.15) is 0 Å². The summed E-state index contributed by atoms with van der Waals surface area (Å²) < 4.78 is 2.67. The third-order valence-corrected chi connectivity index (χ3v) is 10.0. The first-order valence-electron chi connectivity index (χ1n) is 14.8. The van der Waals surface area contributed by atoms with Crippen LogP contribution in [0.4, 0.5) is 0 Å². The van der Waals surface area contributed by atoms with Crippen LogP contribution < -0.4 is 0 Å². The molecule has 0 aliphatic rings. The first kappa shape index (κ1) is 24.4. The largest absolute Gasteiger partial charge is 0.135 e. The van der Waals surface area contributed by atoms with Crippen molar-refractivity contribution < 1.29 is 0 Å². The van der Waals surface area contributed by atoms with Crippen LogP contribution >= 0.6 is 11.3 Å². The smallest absolute Gasteiger partial charge is 0.0355 e. The van der Waals surface area contributed by atoms with E-state index in [2.05, 4.69) is 158 Å². The van der Waals surface area contributed by atoms with Gasteiger partial charge in [-0.1, -0.05) is 133 Å². The summed E-state index contributed by atoms with van der Waals surface area (Å²) >= 11 is 1.87. The van der Waals surface area contributed by atoms with E-state index in [9.17, 15) is 0 Å². The van der Waals surface area contributed by atoms with Gasteiger partial charge in [-0.15, -0.1) is 11.3 Å². The zero-order valence-corrected chi connectivity index (χ0v) is 24.2. The molecule has 43 heavy (non-hydrogen) atoms. The minimum atomic E-state index is 1.24. The molecule has 1 aromatic heterocycles. The topological polar surface area (TPSA) is 0 Å². The second kappa shape index (κ2) is 9.66. The molecular formula is C42H26S. The molecule has 8 aromatic carbocycles. The summed E-state index contributed by atoms with van der Waals surface area (Å²) in [5.41, 5.74) is 7.60. The van der Waals surface area contributed by atoms with Gasteiger partial charge in [-0.05, 0) is 90.0 Å². The van der Waals surface area contributed by atoms with Crippen molar-refractivity contribution >= 4 is 63.8 Å². The van der Waals surface area contributed by atoms with Crippen LogP contribution in [-0.4, -0.2) is 0 Å². The fourth-order valence-corrected chi connectivity index (χ4v) is 8.04. The Bertz CT molecular complexity index is 2450. The van der Waals surface area contributed by atoms with Crippen molar-refractivity contribution in [2.45, 2.75) is 0 Å². The van der Waals surface area contributed by atoms with Gasteiger partial charge in [0.25, 0.3) is 0 Å². The molecule has 200 valence electrons. The fourth-order valence-electron chi connectivity index (χ4n) is 6.95. The summed E-state index contributed by atoms with van der Waals surface area (Å²) in [7, 11) is 0. The van der Waals surface area contributed by atoms with E-state index in [1.807, 2.05) is 11.3 Å². The molecule has 0 saturated carbocycles. The third-order valence-electron chi connectivity index (χ3n) is 8.85. The molecule has 0 saturated heterocycles. The van der Waals surface area contributed by atoms with Gasteiger partial charge in [-0.3, -0.25) is 0 Å². The highest BCUT2D eigenvalue weighted by atomic mass is 32.1. The van der Waals surface area contributed by atoms with E-state index in [0.717, 1.165) is 0 Å². The highest BCUT2D eigenvalue weighted by Gasteiger charge is 2.18. The summed E-state index contributed by atoms with van der Waals surface area (Å²) in [5, 5.41) is 10.3. The Morgan fingerprint density at radius 2 is 0.814 bits per heavy atom. The van der Waals surface area contributed by atoms with Crippen molar-refractivity contribution in [1.29, 1.82) is 0 Å². The average Bonchev–Trinajstić information content (AvgIpc) is 3.45. The van der Waals surface area contributed by atoms with Crippen LogP contribution in [0.2, 0.25) is 0 Å². The number of fused-ring (bicyclic) bond motifs is 6. The van der Waals surface area contributed by atoms with E-state index < -0.39 is 0 Å². The minimum absolute atomic E-state index is 1.24. The quantitative estimate of drug-likeness (QED) is 0.188. The molecule has 9 rings (SSSR count). The van der Waals surface area contributed by atoms with Crippen LogP contribution in [0.15, 0.2) is 158 Å². The van der Waals surface area contributed by atoms with Crippen LogP contribution in [-0.2, 0) is 0 Å². The number of rotatable bonds is 3. The molecule has 0 unspecified atom stereocenters. The lowest BCUT2D eigenvalue weighted by molar-refractivity contribution is 1.63. The van der Waals surface area contributed by atoms with Crippen LogP contribution in [0.1, 0.15) is 0 Å². The Hall–Kier alpha value is -5.24. The first-order chi connectivity index (χ1) is 21.3. The standard InChI is InChI=1S/C42H26S/c1-2-15-31-27(11-1)12-10-21-32(31)28-13-9-14-29(25-28)41-34-17-3-5-19-36(34)42(37-20-6-4-18-35(37)41)30-23-24-40-38(26-30)33-16-7-8-22-39(33)43-40/h1-26H.